The van der Waals surface area contributed by atoms with Crippen LogP contribution in [0.4, 0.5) is 11.4 Å². The molecule has 1 atom stereocenters. The van der Waals surface area contributed by atoms with Crippen LogP contribution >= 0.6 is 11.6 Å². The van der Waals surface area contributed by atoms with Crippen LogP contribution in [0, 0.1) is 13.8 Å². The number of ether oxygens (including phenoxy) is 2. The molecule has 0 unspecified atom stereocenters. The van der Waals surface area contributed by atoms with Gasteiger partial charge in [-0.15, -0.1) is 0 Å². The average molecular weight is 495 g/mol. The third kappa shape index (κ3) is 5.69. The normalized spacial score (nSPS) is 14.6. The third-order valence-electron chi connectivity index (χ3n) is 5.86. The molecule has 0 radical (unpaired) electrons. The molecule has 182 valence electrons. The van der Waals surface area contributed by atoms with Gasteiger partial charge in [0.15, 0.2) is 0 Å². The zero-order chi connectivity index (χ0) is 25.1. The number of aryl methyl sites for hydroxylation is 2. The summed E-state index contributed by atoms with van der Waals surface area (Å²) in [5, 5.41) is 12.2. The molecule has 0 bridgehead atoms. The summed E-state index contributed by atoms with van der Waals surface area (Å²) in [5.41, 5.74) is 4.05. The van der Waals surface area contributed by atoms with E-state index < -0.39 is 5.97 Å². The van der Waals surface area contributed by atoms with Gasteiger partial charge in [-0.3, -0.25) is 9.59 Å². The first kappa shape index (κ1) is 24.4. The highest BCUT2D eigenvalue weighted by molar-refractivity contribution is 6.31. The first-order chi connectivity index (χ1) is 16.7. The van der Waals surface area contributed by atoms with Gasteiger partial charge in [0, 0.05) is 23.3 Å². The van der Waals surface area contributed by atoms with Crippen LogP contribution in [-0.4, -0.2) is 43.3 Å². The van der Waals surface area contributed by atoms with Crippen molar-refractivity contribution in [3.63, 3.8) is 0 Å². The molecule has 0 saturated carbocycles. The summed E-state index contributed by atoms with van der Waals surface area (Å²) in [6.45, 7) is 4.79. The Hall–Kier alpha value is -3.71. The number of likely N-dealkylation sites (N-methyl/N-ethyl adjacent to an activating group) is 1. The number of halogens is 1. The number of carboxylic acids is 1. The Morgan fingerprint density at radius 2 is 1.86 bits per heavy atom. The van der Waals surface area contributed by atoms with Crippen LogP contribution in [0.1, 0.15) is 27.0 Å². The molecule has 1 heterocycles. The molecule has 1 aliphatic rings. The summed E-state index contributed by atoms with van der Waals surface area (Å²) in [6.07, 6.45) is -0.345. The van der Waals surface area contributed by atoms with Gasteiger partial charge in [0.2, 0.25) is 0 Å². The zero-order valence-electron chi connectivity index (χ0n) is 19.8. The molecule has 3 aromatic rings. The van der Waals surface area contributed by atoms with Crippen LogP contribution in [-0.2, 0) is 11.2 Å². The molecule has 0 aliphatic carbocycles. The van der Waals surface area contributed by atoms with Gasteiger partial charge in [0.05, 0.1) is 18.7 Å². The van der Waals surface area contributed by atoms with Gasteiger partial charge in [-0.2, -0.15) is 0 Å². The number of nitrogens with zero attached hydrogens (tertiary/aromatic N) is 1. The number of anilines is 2. The van der Waals surface area contributed by atoms with E-state index in [1.807, 2.05) is 57.3 Å². The molecule has 1 aliphatic heterocycles. The van der Waals surface area contributed by atoms with Crippen molar-refractivity contribution in [2.45, 2.75) is 26.4 Å². The predicted molar refractivity (Wildman–Crippen MR) is 136 cm³/mol. The summed E-state index contributed by atoms with van der Waals surface area (Å²) in [4.78, 5) is 26.2. The van der Waals surface area contributed by atoms with Crippen LogP contribution in [0.5, 0.6) is 11.5 Å². The fourth-order valence-electron chi connectivity index (χ4n) is 4.28. The van der Waals surface area contributed by atoms with E-state index in [9.17, 15) is 9.59 Å². The second-order valence-electron chi connectivity index (χ2n) is 8.66. The SMILES string of the molecule is Cc1cc(OC[C@@H]2CN(C)c3ccccc3O2)cc(C)c1C(=O)Nc1ccc(Cl)c(CC(=O)O)c1. The van der Waals surface area contributed by atoms with Gasteiger partial charge >= 0.3 is 5.97 Å². The Labute approximate surface area is 209 Å². The number of hydrogen-bond donors (Lipinski definition) is 2. The van der Waals surface area contributed by atoms with Gasteiger partial charge in [0.1, 0.15) is 24.2 Å². The molecule has 8 heteroatoms. The van der Waals surface area contributed by atoms with E-state index in [1.54, 1.807) is 18.2 Å². The lowest BCUT2D eigenvalue weighted by atomic mass is 10.0. The Morgan fingerprint density at radius 3 is 2.57 bits per heavy atom. The minimum Gasteiger partial charge on any atom is -0.490 e. The molecule has 0 spiro atoms. The number of carboxylic acid groups (broad SMARTS) is 1. The molecule has 0 saturated heterocycles. The number of hydrogen-bond acceptors (Lipinski definition) is 5. The highest BCUT2D eigenvalue weighted by Crippen LogP contribution is 2.32. The lowest BCUT2D eigenvalue weighted by molar-refractivity contribution is -0.136. The van der Waals surface area contributed by atoms with Crippen molar-refractivity contribution in [1.29, 1.82) is 0 Å². The number of rotatable bonds is 7. The van der Waals surface area contributed by atoms with Gasteiger partial charge in [-0.25, -0.2) is 0 Å². The first-order valence-electron chi connectivity index (χ1n) is 11.2. The number of carbonyl (C=O) groups is 2. The van der Waals surface area contributed by atoms with Crippen molar-refractivity contribution in [2.75, 3.05) is 30.4 Å². The quantitative estimate of drug-likeness (QED) is 0.474. The highest BCUT2D eigenvalue weighted by Gasteiger charge is 2.24. The van der Waals surface area contributed by atoms with Crippen molar-refractivity contribution >= 4 is 34.9 Å². The van der Waals surface area contributed by atoms with E-state index in [4.69, 9.17) is 26.2 Å². The maximum atomic E-state index is 13.0. The van der Waals surface area contributed by atoms with E-state index in [2.05, 4.69) is 10.2 Å². The molecule has 7 nitrogen and oxygen atoms in total. The van der Waals surface area contributed by atoms with E-state index >= 15 is 0 Å². The number of nitrogens with one attached hydrogen (secondary N) is 1. The van der Waals surface area contributed by atoms with Crippen molar-refractivity contribution in [1.82, 2.24) is 0 Å². The minimum atomic E-state index is -0.993. The van der Waals surface area contributed by atoms with E-state index in [1.165, 1.54) is 0 Å². The van der Waals surface area contributed by atoms with Crippen molar-refractivity contribution in [2.24, 2.45) is 0 Å². The molecule has 1 amide bonds. The van der Waals surface area contributed by atoms with Crippen molar-refractivity contribution in [3.05, 3.63) is 81.9 Å². The minimum absolute atomic E-state index is 0.122. The van der Waals surface area contributed by atoms with Crippen LogP contribution < -0.4 is 19.7 Å². The van der Waals surface area contributed by atoms with Gasteiger partial charge in [-0.1, -0.05) is 23.7 Å². The molecular formula is C27H27ClN2O5. The Morgan fingerprint density at radius 1 is 1.14 bits per heavy atom. The number of benzene rings is 3. The molecule has 35 heavy (non-hydrogen) atoms. The molecule has 3 aromatic carbocycles. The average Bonchev–Trinajstić information content (AvgIpc) is 2.79. The van der Waals surface area contributed by atoms with Crippen LogP contribution in [0.15, 0.2) is 54.6 Å². The molecule has 2 N–H and O–H groups in total. The monoisotopic (exact) mass is 494 g/mol. The Kier molecular flexibility index (Phi) is 7.17. The summed E-state index contributed by atoms with van der Waals surface area (Å²) in [6, 6.07) is 16.4. The molecule has 0 fully saturated rings. The second kappa shape index (κ2) is 10.3. The standard InChI is InChI=1S/C27H27ClN2O5/c1-16-10-20(34-15-21-14-30(3)23-6-4-5-7-24(23)35-21)11-17(2)26(16)27(33)29-19-8-9-22(28)18(12-19)13-25(31)32/h4-12,21H,13-15H2,1-3H3,(H,29,33)(H,31,32)/t21-/m0/s1. The number of para-hydroxylation sites is 2. The number of fused-ring (bicyclic) bond motifs is 1. The first-order valence-corrected chi connectivity index (χ1v) is 11.6. The third-order valence-corrected chi connectivity index (χ3v) is 6.23. The van der Waals surface area contributed by atoms with Gasteiger partial charge < -0.3 is 24.8 Å². The number of amides is 1. The number of aliphatic carboxylic acids is 1. The summed E-state index contributed by atoms with van der Waals surface area (Å²) < 4.78 is 12.1. The van der Waals surface area contributed by atoms with Gasteiger partial charge in [-0.05, 0) is 73.0 Å². The van der Waals surface area contributed by atoms with E-state index in [0.717, 1.165) is 22.6 Å². The van der Waals surface area contributed by atoms with Crippen molar-refractivity contribution < 1.29 is 24.2 Å². The summed E-state index contributed by atoms with van der Waals surface area (Å²) >= 11 is 6.08. The van der Waals surface area contributed by atoms with Gasteiger partial charge in [0.25, 0.3) is 5.91 Å². The van der Waals surface area contributed by atoms with Crippen LogP contribution in [0.3, 0.4) is 0 Å². The summed E-state index contributed by atoms with van der Waals surface area (Å²) in [7, 11) is 2.03. The smallest absolute Gasteiger partial charge is 0.307 e. The fourth-order valence-corrected chi connectivity index (χ4v) is 4.46. The lowest BCUT2D eigenvalue weighted by Gasteiger charge is -2.33. The highest BCUT2D eigenvalue weighted by atomic mass is 35.5. The molecule has 4 rings (SSSR count). The maximum absolute atomic E-state index is 13.0. The predicted octanol–water partition coefficient (Wildman–Crippen LogP) is 5.11. The topological polar surface area (TPSA) is 88.1 Å². The Balaban J connectivity index is 1.43. The van der Waals surface area contributed by atoms with E-state index in [0.29, 0.717) is 40.7 Å². The van der Waals surface area contributed by atoms with Crippen LogP contribution in [0.2, 0.25) is 5.02 Å². The maximum Gasteiger partial charge on any atom is 0.307 e. The Bertz CT molecular complexity index is 1250. The largest absolute Gasteiger partial charge is 0.490 e. The zero-order valence-corrected chi connectivity index (χ0v) is 20.6. The molecular weight excluding hydrogens is 468 g/mol. The fraction of sp³-hybridized carbons (Fsp3) is 0.259. The second-order valence-corrected chi connectivity index (χ2v) is 9.07. The van der Waals surface area contributed by atoms with Crippen molar-refractivity contribution in [3.8, 4) is 11.5 Å². The number of carbonyl (C=O) groups excluding carboxylic acids is 1. The van der Waals surface area contributed by atoms with Crippen LogP contribution in [0.25, 0.3) is 0 Å². The van der Waals surface area contributed by atoms with E-state index in [-0.39, 0.29) is 18.4 Å². The molecule has 0 aromatic heterocycles. The summed E-state index contributed by atoms with van der Waals surface area (Å²) in [5.74, 6) is 0.218. The lowest BCUT2D eigenvalue weighted by Crippen LogP contribution is -2.41.